The van der Waals surface area contributed by atoms with Crippen LogP contribution in [0.4, 0.5) is 0 Å². The SMILES string of the molecule is CCC/C=C\CNC(N)CCC(C)NC. The van der Waals surface area contributed by atoms with Gasteiger partial charge in [-0.2, -0.15) is 0 Å². The highest BCUT2D eigenvalue weighted by molar-refractivity contribution is 4.84. The molecule has 90 valence electrons. The Morgan fingerprint density at radius 1 is 1.27 bits per heavy atom. The summed E-state index contributed by atoms with van der Waals surface area (Å²) in [5, 5.41) is 6.49. The summed E-state index contributed by atoms with van der Waals surface area (Å²) < 4.78 is 0. The van der Waals surface area contributed by atoms with E-state index in [9.17, 15) is 0 Å². The van der Waals surface area contributed by atoms with E-state index < -0.39 is 0 Å². The lowest BCUT2D eigenvalue weighted by Gasteiger charge is -2.15. The number of nitrogens with two attached hydrogens (primary N) is 1. The molecule has 4 N–H and O–H groups in total. The predicted molar refractivity (Wildman–Crippen MR) is 67.8 cm³/mol. The van der Waals surface area contributed by atoms with Crippen molar-refractivity contribution in [3.8, 4) is 0 Å². The van der Waals surface area contributed by atoms with E-state index in [0.29, 0.717) is 6.04 Å². The normalized spacial score (nSPS) is 15.7. The Morgan fingerprint density at radius 3 is 2.60 bits per heavy atom. The summed E-state index contributed by atoms with van der Waals surface area (Å²) >= 11 is 0. The second-order valence-corrected chi connectivity index (χ2v) is 4.04. The van der Waals surface area contributed by atoms with E-state index in [4.69, 9.17) is 5.73 Å². The van der Waals surface area contributed by atoms with Crippen molar-refractivity contribution in [1.82, 2.24) is 10.6 Å². The monoisotopic (exact) mass is 213 g/mol. The molecule has 0 saturated carbocycles. The molecule has 0 aliphatic heterocycles. The Balaban J connectivity index is 3.36. The molecule has 3 nitrogen and oxygen atoms in total. The second kappa shape index (κ2) is 10.1. The van der Waals surface area contributed by atoms with E-state index in [1.54, 1.807) is 0 Å². The second-order valence-electron chi connectivity index (χ2n) is 4.04. The molecular weight excluding hydrogens is 186 g/mol. The third-order valence-electron chi connectivity index (χ3n) is 2.52. The van der Waals surface area contributed by atoms with Gasteiger partial charge in [0.05, 0.1) is 6.17 Å². The molecule has 0 aliphatic carbocycles. The molecule has 0 radical (unpaired) electrons. The zero-order valence-corrected chi connectivity index (χ0v) is 10.4. The molecule has 0 fully saturated rings. The van der Waals surface area contributed by atoms with Crippen LogP contribution in [0.2, 0.25) is 0 Å². The van der Waals surface area contributed by atoms with Crippen molar-refractivity contribution in [3.63, 3.8) is 0 Å². The number of hydrogen-bond donors (Lipinski definition) is 3. The van der Waals surface area contributed by atoms with Crippen molar-refractivity contribution in [2.75, 3.05) is 13.6 Å². The van der Waals surface area contributed by atoms with Crippen LogP contribution in [0.15, 0.2) is 12.2 Å². The summed E-state index contributed by atoms with van der Waals surface area (Å²) in [6, 6.07) is 0.550. The average Bonchev–Trinajstić information content (AvgIpc) is 2.25. The highest BCUT2D eigenvalue weighted by Crippen LogP contribution is 1.97. The molecule has 0 bridgehead atoms. The first-order valence-corrected chi connectivity index (χ1v) is 6.02. The molecule has 0 saturated heterocycles. The summed E-state index contributed by atoms with van der Waals surface area (Å²) in [4.78, 5) is 0. The first-order chi connectivity index (χ1) is 7.20. The van der Waals surface area contributed by atoms with Gasteiger partial charge in [-0.25, -0.2) is 0 Å². The molecule has 0 amide bonds. The molecule has 15 heavy (non-hydrogen) atoms. The van der Waals surface area contributed by atoms with Gasteiger partial charge >= 0.3 is 0 Å². The number of allylic oxidation sites excluding steroid dienone is 1. The molecule has 2 atom stereocenters. The zero-order valence-electron chi connectivity index (χ0n) is 10.4. The minimum atomic E-state index is 0.118. The Labute approximate surface area is 94.5 Å². The summed E-state index contributed by atoms with van der Waals surface area (Å²) in [5.74, 6) is 0. The lowest BCUT2D eigenvalue weighted by Crippen LogP contribution is -2.38. The number of nitrogens with one attached hydrogen (secondary N) is 2. The van der Waals surface area contributed by atoms with E-state index in [0.717, 1.165) is 25.8 Å². The van der Waals surface area contributed by atoms with E-state index in [-0.39, 0.29) is 6.17 Å². The van der Waals surface area contributed by atoms with Crippen LogP contribution in [-0.2, 0) is 0 Å². The van der Waals surface area contributed by atoms with Crippen molar-refractivity contribution in [2.45, 2.75) is 51.7 Å². The van der Waals surface area contributed by atoms with Crippen molar-refractivity contribution in [3.05, 3.63) is 12.2 Å². The van der Waals surface area contributed by atoms with Gasteiger partial charge in [0.2, 0.25) is 0 Å². The minimum absolute atomic E-state index is 0.118. The minimum Gasteiger partial charge on any atom is -0.317 e. The number of rotatable bonds is 9. The molecule has 3 heteroatoms. The van der Waals surface area contributed by atoms with Gasteiger partial charge in [0, 0.05) is 12.6 Å². The lowest BCUT2D eigenvalue weighted by molar-refractivity contribution is 0.453. The van der Waals surface area contributed by atoms with E-state index in [2.05, 4.69) is 36.6 Å². The van der Waals surface area contributed by atoms with E-state index in [1.807, 2.05) is 7.05 Å². The first kappa shape index (κ1) is 14.6. The van der Waals surface area contributed by atoms with Gasteiger partial charge in [-0.15, -0.1) is 0 Å². The van der Waals surface area contributed by atoms with Gasteiger partial charge in [-0.1, -0.05) is 25.5 Å². The molecule has 0 heterocycles. The molecule has 0 rings (SSSR count). The predicted octanol–water partition coefficient (Wildman–Crippen LogP) is 1.61. The van der Waals surface area contributed by atoms with Gasteiger partial charge in [0.15, 0.2) is 0 Å². The summed E-state index contributed by atoms with van der Waals surface area (Å²) in [6.45, 7) is 5.24. The van der Waals surface area contributed by atoms with Crippen molar-refractivity contribution in [2.24, 2.45) is 5.73 Å². The van der Waals surface area contributed by atoms with Crippen LogP contribution in [0, 0.1) is 0 Å². The maximum Gasteiger partial charge on any atom is 0.0549 e. The Bertz CT molecular complexity index is 157. The molecule has 0 spiro atoms. The fourth-order valence-electron chi connectivity index (χ4n) is 1.26. The van der Waals surface area contributed by atoms with E-state index >= 15 is 0 Å². The van der Waals surface area contributed by atoms with Crippen LogP contribution in [0.5, 0.6) is 0 Å². The Morgan fingerprint density at radius 2 is 2.00 bits per heavy atom. The van der Waals surface area contributed by atoms with Crippen molar-refractivity contribution >= 4 is 0 Å². The highest BCUT2D eigenvalue weighted by atomic mass is 15.0. The Hall–Kier alpha value is -0.380. The molecule has 0 aliphatic rings. The van der Waals surface area contributed by atoms with Crippen LogP contribution >= 0.6 is 0 Å². The fraction of sp³-hybridized carbons (Fsp3) is 0.833. The molecular formula is C12H27N3. The number of hydrogen-bond acceptors (Lipinski definition) is 3. The largest absolute Gasteiger partial charge is 0.317 e. The maximum atomic E-state index is 5.92. The quantitative estimate of drug-likeness (QED) is 0.403. The highest BCUT2D eigenvalue weighted by Gasteiger charge is 2.03. The lowest BCUT2D eigenvalue weighted by atomic mass is 10.1. The van der Waals surface area contributed by atoms with E-state index in [1.165, 1.54) is 6.42 Å². The van der Waals surface area contributed by atoms with Crippen molar-refractivity contribution < 1.29 is 0 Å². The van der Waals surface area contributed by atoms with Crippen LogP contribution in [-0.4, -0.2) is 25.8 Å². The van der Waals surface area contributed by atoms with Crippen LogP contribution < -0.4 is 16.4 Å². The summed E-state index contributed by atoms with van der Waals surface area (Å²) in [6.07, 6.45) is 8.98. The maximum absolute atomic E-state index is 5.92. The first-order valence-electron chi connectivity index (χ1n) is 6.02. The van der Waals surface area contributed by atoms with Gasteiger partial charge in [-0.05, 0) is 33.2 Å². The summed E-state index contributed by atoms with van der Waals surface area (Å²) in [5.41, 5.74) is 5.92. The van der Waals surface area contributed by atoms with Gasteiger partial charge in [0.25, 0.3) is 0 Å². The van der Waals surface area contributed by atoms with Gasteiger partial charge in [-0.3, -0.25) is 5.32 Å². The van der Waals surface area contributed by atoms with Crippen molar-refractivity contribution in [1.29, 1.82) is 0 Å². The smallest absolute Gasteiger partial charge is 0.0549 e. The average molecular weight is 213 g/mol. The molecule has 0 aromatic rings. The van der Waals surface area contributed by atoms with Crippen LogP contribution in [0.3, 0.4) is 0 Å². The molecule has 0 aromatic carbocycles. The van der Waals surface area contributed by atoms with Crippen LogP contribution in [0.25, 0.3) is 0 Å². The van der Waals surface area contributed by atoms with Crippen LogP contribution in [0.1, 0.15) is 39.5 Å². The standard InChI is InChI=1S/C12H27N3/c1-4-5-6-7-10-15-12(13)9-8-11(2)14-3/h6-7,11-12,14-15H,4-5,8-10,13H2,1-3H3/b7-6-. The molecule has 0 aromatic heterocycles. The summed E-state index contributed by atoms with van der Waals surface area (Å²) in [7, 11) is 1.98. The number of unbranched alkanes of at least 4 members (excludes halogenated alkanes) is 1. The molecule has 2 unspecified atom stereocenters. The topological polar surface area (TPSA) is 50.1 Å². The fourth-order valence-corrected chi connectivity index (χ4v) is 1.26. The third-order valence-corrected chi connectivity index (χ3v) is 2.52. The van der Waals surface area contributed by atoms with Gasteiger partial charge in [0.1, 0.15) is 0 Å². The zero-order chi connectivity index (χ0) is 11.5. The van der Waals surface area contributed by atoms with Gasteiger partial charge < -0.3 is 11.1 Å². The third kappa shape index (κ3) is 9.91. The Kier molecular flexibility index (Phi) is 9.89.